The van der Waals surface area contributed by atoms with Crippen molar-refractivity contribution < 1.29 is 9.32 Å². The summed E-state index contributed by atoms with van der Waals surface area (Å²) in [6.45, 7) is 3.68. The highest BCUT2D eigenvalue weighted by Crippen LogP contribution is 2.30. The quantitative estimate of drug-likeness (QED) is 0.846. The normalized spacial score (nSPS) is 17.9. The van der Waals surface area contributed by atoms with Gasteiger partial charge >= 0.3 is 0 Å². The van der Waals surface area contributed by atoms with Gasteiger partial charge in [0.25, 0.3) is 0 Å². The van der Waals surface area contributed by atoms with Gasteiger partial charge in [0.05, 0.1) is 12.6 Å². The lowest BCUT2D eigenvalue weighted by Gasteiger charge is -2.25. The topological polar surface area (TPSA) is 62.5 Å². The number of nitrogens with zero attached hydrogens (tertiary/aromatic N) is 4. The second-order valence-electron chi connectivity index (χ2n) is 6.07. The summed E-state index contributed by atoms with van der Waals surface area (Å²) >= 11 is 0. The van der Waals surface area contributed by atoms with E-state index in [1.54, 1.807) is 6.92 Å². The number of amides is 1. The maximum atomic E-state index is 12.6. The first-order valence-electron chi connectivity index (χ1n) is 7.95. The number of likely N-dealkylation sites (tertiary alicyclic amines) is 1. The Morgan fingerprint density at radius 1 is 1.39 bits per heavy atom. The Morgan fingerprint density at radius 2 is 2.17 bits per heavy atom. The van der Waals surface area contributed by atoms with E-state index in [1.807, 2.05) is 35.0 Å². The first kappa shape index (κ1) is 15.7. The highest BCUT2D eigenvalue weighted by molar-refractivity contribution is 5.79. The molecule has 2 aromatic rings. The van der Waals surface area contributed by atoms with E-state index in [4.69, 9.17) is 4.52 Å². The van der Waals surface area contributed by atoms with E-state index in [0.29, 0.717) is 18.3 Å². The van der Waals surface area contributed by atoms with Crippen molar-refractivity contribution in [1.82, 2.24) is 19.9 Å². The summed E-state index contributed by atoms with van der Waals surface area (Å²) < 4.78 is 5.06. The number of aryl methyl sites for hydroxylation is 1. The maximum Gasteiger partial charge on any atom is 0.237 e. The molecule has 122 valence electrons. The van der Waals surface area contributed by atoms with E-state index >= 15 is 0 Å². The van der Waals surface area contributed by atoms with E-state index in [2.05, 4.69) is 22.3 Å². The summed E-state index contributed by atoms with van der Waals surface area (Å²) in [5, 5.41) is 3.98. The minimum atomic E-state index is -0.0509. The lowest BCUT2D eigenvalue weighted by atomic mass is 10.2. The molecule has 1 saturated heterocycles. The van der Waals surface area contributed by atoms with Gasteiger partial charge in [-0.2, -0.15) is 4.98 Å². The molecule has 6 heteroatoms. The standard InChI is InChI=1S/C17H22N4O2/c1-13-18-17(19-23-13)15-9-6-10-21(15)16(22)12-20(2)11-14-7-4-3-5-8-14/h3-5,7-8,15H,6,9-12H2,1-2H3/t15-/m0/s1. The Kier molecular flexibility index (Phi) is 4.71. The molecule has 6 nitrogen and oxygen atoms in total. The molecular formula is C17H22N4O2. The van der Waals surface area contributed by atoms with E-state index in [-0.39, 0.29) is 11.9 Å². The third kappa shape index (κ3) is 3.76. The fourth-order valence-corrected chi connectivity index (χ4v) is 3.06. The minimum Gasteiger partial charge on any atom is -0.340 e. The number of carbonyl (C=O) groups is 1. The Balaban J connectivity index is 1.60. The van der Waals surface area contributed by atoms with E-state index in [0.717, 1.165) is 25.9 Å². The van der Waals surface area contributed by atoms with Crippen LogP contribution in [0.1, 0.15) is 36.2 Å². The number of hydrogen-bond acceptors (Lipinski definition) is 5. The van der Waals surface area contributed by atoms with E-state index in [1.165, 1.54) is 5.56 Å². The number of rotatable bonds is 5. The number of aromatic nitrogens is 2. The molecule has 1 aromatic carbocycles. The average Bonchev–Trinajstić information content (AvgIpc) is 3.16. The number of hydrogen-bond donors (Lipinski definition) is 0. The molecular weight excluding hydrogens is 292 g/mol. The zero-order valence-corrected chi connectivity index (χ0v) is 13.6. The van der Waals surface area contributed by atoms with Gasteiger partial charge in [-0.3, -0.25) is 9.69 Å². The van der Waals surface area contributed by atoms with Crippen molar-refractivity contribution in [3.8, 4) is 0 Å². The van der Waals surface area contributed by atoms with Crippen molar-refractivity contribution in [2.75, 3.05) is 20.1 Å². The summed E-state index contributed by atoms with van der Waals surface area (Å²) in [6, 6.07) is 10.1. The fraction of sp³-hybridized carbons (Fsp3) is 0.471. The van der Waals surface area contributed by atoms with E-state index < -0.39 is 0 Å². The molecule has 2 heterocycles. The first-order chi connectivity index (χ1) is 11.1. The highest BCUT2D eigenvalue weighted by atomic mass is 16.5. The van der Waals surface area contributed by atoms with Crippen LogP contribution in [-0.4, -0.2) is 46.0 Å². The Labute approximate surface area is 136 Å². The Hall–Kier alpha value is -2.21. The van der Waals surface area contributed by atoms with Crippen molar-refractivity contribution in [3.05, 3.63) is 47.6 Å². The second kappa shape index (κ2) is 6.91. The van der Waals surface area contributed by atoms with Gasteiger partial charge in [-0.25, -0.2) is 0 Å². The van der Waals surface area contributed by atoms with Gasteiger partial charge in [-0.1, -0.05) is 35.5 Å². The van der Waals surface area contributed by atoms with Crippen LogP contribution in [0.5, 0.6) is 0 Å². The molecule has 1 amide bonds. The largest absolute Gasteiger partial charge is 0.340 e. The van der Waals surface area contributed by atoms with Crippen molar-refractivity contribution in [2.45, 2.75) is 32.4 Å². The Morgan fingerprint density at radius 3 is 2.87 bits per heavy atom. The van der Waals surface area contributed by atoms with Crippen LogP contribution < -0.4 is 0 Å². The van der Waals surface area contributed by atoms with Gasteiger partial charge in [0.2, 0.25) is 11.8 Å². The summed E-state index contributed by atoms with van der Waals surface area (Å²) in [5.74, 6) is 1.29. The van der Waals surface area contributed by atoms with Crippen molar-refractivity contribution in [2.24, 2.45) is 0 Å². The molecule has 0 aliphatic carbocycles. The second-order valence-corrected chi connectivity index (χ2v) is 6.07. The van der Waals surface area contributed by atoms with Crippen molar-refractivity contribution >= 4 is 5.91 Å². The molecule has 23 heavy (non-hydrogen) atoms. The minimum absolute atomic E-state index is 0.0509. The van der Waals surface area contributed by atoms with Gasteiger partial charge in [-0.05, 0) is 25.5 Å². The van der Waals surface area contributed by atoms with Gasteiger partial charge in [-0.15, -0.1) is 0 Å². The van der Waals surface area contributed by atoms with Crippen LogP contribution in [-0.2, 0) is 11.3 Å². The molecule has 1 atom stereocenters. The number of carbonyl (C=O) groups excluding carboxylic acids is 1. The summed E-state index contributed by atoms with van der Waals surface area (Å²) in [5.41, 5.74) is 1.20. The van der Waals surface area contributed by atoms with Crippen LogP contribution in [0.2, 0.25) is 0 Å². The zero-order chi connectivity index (χ0) is 16.2. The lowest BCUT2D eigenvalue weighted by Crippen LogP contribution is -2.38. The third-order valence-electron chi connectivity index (χ3n) is 4.11. The van der Waals surface area contributed by atoms with Crippen LogP contribution >= 0.6 is 0 Å². The molecule has 3 rings (SSSR count). The molecule has 0 spiro atoms. The zero-order valence-electron chi connectivity index (χ0n) is 13.6. The SMILES string of the molecule is Cc1nc([C@@H]2CCCN2C(=O)CN(C)Cc2ccccc2)no1. The predicted octanol–water partition coefficient (Wildman–Crippen LogP) is 2.17. The number of likely N-dealkylation sites (N-methyl/N-ethyl adjacent to an activating group) is 1. The van der Waals surface area contributed by atoms with Gasteiger partial charge in [0, 0.05) is 20.0 Å². The lowest BCUT2D eigenvalue weighted by molar-refractivity contribution is -0.133. The Bertz CT molecular complexity index is 656. The van der Waals surface area contributed by atoms with Gasteiger partial charge in [0.1, 0.15) is 0 Å². The predicted molar refractivity (Wildman–Crippen MR) is 85.5 cm³/mol. The molecule has 1 aliphatic heterocycles. The number of benzene rings is 1. The smallest absolute Gasteiger partial charge is 0.237 e. The average molecular weight is 314 g/mol. The molecule has 1 aliphatic rings. The van der Waals surface area contributed by atoms with Crippen LogP contribution in [0, 0.1) is 6.92 Å². The molecule has 0 unspecified atom stereocenters. The van der Waals surface area contributed by atoms with Crippen LogP contribution in [0.3, 0.4) is 0 Å². The van der Waals surface area contributed by atoms with Gasteiger partial charge in [0.15, 0.2) is 5.82 Å². The van der Waals surface area contributed by atoms with Gasteiger partial charge < -0.3 is 9.42 Å². The van der Waals surface area contributed by atoms with Crippen LogP contribution in [0.15, 0.2) is 34.9 Å². The molecule has 1 aromatic heterocycles. The fourth-order valence-electron chi connectivity index (χ4n) is 3.06. The maximum absolute atomic E-state index is 12.6. The monoisotopic (exact) mass is 314 g/mol. The first-order valence-corrected chi connectivity index (χ1v) is 7.95. The molecule has 0 radical (unpaired) electrons. The van der Waals surface area contributed by atoms with Crippen LogP contribution in [0.4, 0.5) is 0 Å². The molecule has 0 saturated carbocycles. The molecule has 0 bridgehead atoms. The highest BCUT2D eigenvalue weighted by Gasteiger charge is 2.33. The summed E-state index contributed by atoms with van der Waals surface area (Å²) in [7, 11) is 1.97. The summed E-state index contributed by atoms with van der Waals surface area (Å²) in [4.78, 5) is 20.8. The molecule has 1 fully saturated rings. The van der Waals surface area contributed by atoms with Crippen molar-refractivity contribution in [3.63, 3.8) is 0 Å². The summed E-state index contributed by atoms with van der Waals surface area (Å²) in [6.07, 6.45) is 1.87. The van der Waals surface area contributed by atoms with Crippen LogP contribution in [0.25, 0.3) is 0 Å². The van der Waals surface area contributed by atoms with E-state index in [9.17, 15) is 4.79 Å². The molecule has 0 N–H and O–H groups in total. The van der Waals surface area contributed by atoms with Crippen molar-refractivity contribution in [1.29, 1.82) is 0 Å². The third-order valence-corrected chi connectivity index (χ3v) is 4.11.